The maximum absolute atomic E-state index is 10.7. The summed E-state index contributed by atoms with van der Waals surface area (Å²) in [4.78, 5) is 0. The van der Waals surface area contributed by atoms with Crippen molar-refractivity contribution in [1.82, 2.24) is 0 Å². The molecule has 0 atom stereocenters. The average Bonchev–Trinajstić information content (AvgIpc) is 2.05. The Morgan fingerprint density at radius 1 is 1.36 bits per heavy atom. The van der Waals surface area contributed by atoms with Crippen LogP contribution in [0.3, 0.4) is 0 Å². The quantitative estimate of drug-likeness (QED) is 0.776. The Labute approximate surface area is 93.3 Å². The third-order valence-corrected chi connectivity index (χ3v) is 3.34. The highest BCUT2D eigenvalue weighted by Crippen LogP contribution is 2.18. The van der Waals surface area contributed by atoms with E-state index in [1.165, 1.54) is 0 Å². The largest absolute Gasteiger partial charge is 0.232 e. The molecule has 14 heavy (non-hydrogen) atoms. The van der Waals surface area contributed by atoms with Gasteiger partial charge in [-0.15, -0.1) is 0 Å². The molecule has 0 spiro atoms. The zero-order valence-electron chi connectivity index (χ0n) is 7.63. The Bertz CT molecular complexity index is 426. The monoisotopic (exact) mass is 252 g/mol. The Kier molecular flexibility index (Phi) is 3.81. The van der Waals surface area contributed by atoms with E-state index in [0.29, 0.717) is 11.4 Å². The minimum Gasteiger partial charge on any atom is -0.212 e. The average molecular weight is 253 g/mol. The molecule has 0 aliphatic heterocycles. The molecule has 1 aromatic carbocycles. The Hall–Kier alpha value is -0.250. The predicted octanol–water partition coefficient (Wildman–Crippen LogP) is 2.76. The summed E-state index contributed by atoms with van der Waals surface area (Å²) in [5.41, 5.74) is 1.87. The van der Waals surface area contributed by atoms with Gasteiger partial charge in [0.05, 0.1) is 5.75 Å². The van der Waals surface area contributed by atoms with Gasteiger partial charge in [-0.25, -0.2) is 8.42 Å². The van der Waals surface area contributed by atoms with Gasteiger partial charge in [0.25, 0.3) is 0 Å². The van der Waals surface area contributed by atoms with E-state index < -0.39 is 9.05 Å². The SMILES string of the molecule is Cc1ccc(Cl)c(CCS(=O)(=O)Cl)c1. The molecule has 0 amide bonds. The van der Waals surface area contributed by atoms with E-state index in [1.807, 2.05) is 19.1 Å². The highest BCUT2D eigenvalue weighted by Gasteiger charge is 2.07. The molecule has 0 bridgehead atoms. The van der Waals surface area contributed by atoms with E-state index in [-0.39, 0.29) is 5.75 Å². The van der Waals surface area contributed by atoms with Gasteiger partial charge in [-0.1, -0.05) is 29.3 Å². The van der Waals surface area contributed by atoms with Crippen LogP contribution >= 0.6 is 22.3 Å². The molecule has 0 radical (unpaired) electrons. The molecular weight excluding hydrogens is 243 g/mol. The first-order valence-electron chi connectivity index (χ1n) is 4.06. The van der Waals surface area contributed by atoms with Crippen LogP contribution in [-0.4, -0.2) is 14.2 Å². The molecule has 0 fully saturated rings. The zero-order valence-corrected chi connectivity index (χ0v) is 9.96. The topological polar surface area (TPSA) is 34.1 Å². The van der Waals surface area contributed by atoms with E-state index in [9.17, 15) is 8.42 Å². The normalized spacial score (nSPS) is 11.6. The summed E-state index contributed by atoms with van der Waals surface area (Å²) in [6.07, 6.45) is 0.354. The van der Waals surface area contributed by atoms with Gasteiger partial charge < -0.3 is 0 Å². The minimum absolute atomic E-state index is 0.0856. The van der Waals surface area contributed by atoms with Crippen molar-refractivity contribution in [1.29, 1.82) is 0 Å². The van der Waals surface area contributed by atoms with E-state index >= 15 is 0 Å². The molecule has 0 aromatic heterocycles. The molecule has 0 aliphatic carbocycles. The van der Waals surface area contributed by atoms with Crippen molar-refractivity contribution in [2.24, 2.45) is 0 Å². The van der Waals surface area contributed by atoms with Crippen molar-refractivity contribution in [3.63, 3.8) is 0 Å². The van der Waals surface area contributed by atoms with Gasteiger partial charge in [0.2, 0.25) is 9.05 Å². The summed E-state index contributed by atoms with van der Waals surface area (Å²) in [5.74, 6) is -0.0856. The molecule has 0 heterocycles. The fourth-order valence-corrected chi connectivity index (χ4v) is 2.03. The summed E-state index contributed by atoms with van der Waals surface area (Å²) < 4.78 is 21.4. The molecule has 0 aliphatic rings. The molecule has 5 heteroatoms. The third-order valence-electron chi connectivity index (χ3n) is 1.82. The van der Waals surface area contributed by atoms with Crippen LogP contribution in [0.1, 0.15) is 11.1 Å². The van der Waals surface area contributed by atoms with Crippen LogP contribution in [-0.2, 0) is 15.5 Å². The number of hydrogen-bond acceptors (Lipinski definition) is 2. The maximum Gasteiger partial charge on any atom is 0.232 e. The van der Waals surface area contributed by atoms with Crippen LogP contribution in [0.25, 0.3) is 0 Å². The first-order valence-corrected chi connectivity index (χ1v) is 6.91. The van der Waals surface area contributed by atoms with Crippen LogP contribution in [0, 0.1) is 6.92 Å². The molecule has 0 saturated heterocycles. The number of aryl methyl sites for hydroxylation is 2. The number of benzene rings is 1. The first kappa shape index (κ1) is 11.8. The number of halogens is 2. The van der Waals surface area contributed by atoms with Gasteiger partial charge in [-0.2, -0.15) is 0 Å². The molecule has 0 N–H and O–H groups in total. The molecule has 2 nitrogen and oxygen atoms in total. The van der Waals surface area contributed by atoms with Crippen LogP contribution in [0.4, 0.5) is 0 Å². The maximum atomic E-state index is 10.7. The van der Waals surface area contributed by atoms with E-state index in [4.69, 9.17) is 22.3 Å². The Morgan fingerprint density at radius 2 is 2.00 bits per heavy atom. The van der Waals surface area contributed by atoms with Crippen LogP contribution in [0.5, 0.6) is 0 Å². The number of hydrogen-bond donors (Lipinski definition) is 0. The third kappa shape index (κ3) is 3.86. The van der Waals surface area contributed by atoms with Gasteiger partial charge in [0.15, 0.2) is 0 Å². The van der Waals surface area contributed by atoms with E-state index in [1.54, 1.807) is 6.07 Å². The van der Waals surface area contributed by atoms with Gasteiger partial charge in [-0.05, 0) is 25.0 Å². The second kappa shape index (κ2) is 4.51. The van der Waals surface area contributed by atoms with Gasteiger partial charge in [-0.3, -0.25) is 0 Å². The highest BCUT2D eigenvalue weighted by molar-refractivity contribution is 8.13. The Morgan fingerprint density at radius 3 is 2.57 bits per heavy atom. The van der Waals surface area contributed by atoms with Crippen molar-refractivity contribution < 1.29 is 8.42 Å². The molecular formula is C9H10Cl2O2S. The smallest absolute Gasteiger partial charge is 0.212 e. The molecule has 0 saturated carbocycles. The molecule has 0 unspecified atom stereocenters. The molecule has 1 aromatic rings. The van der Waals surface area contributed by atoms with Crippen molar-refractivity contribution in [2.45, 2.75) is 13.3 Å². The zero-order chi connectivity index (χ0) is 10.8. The summed E-state index contributed by atoms with van der Waals surface area (Å²) in [7, 11) is 1.67. The van der Waals surface area contributed by atoms with Crippen molar-refractivity contribution in [3.05, 3.63) is 34.3 Å². The van der Waals surface area contributed by atoms with Crippen LogP contribution in [0.15, 0.2) is 18.2 Å². The summed E-state index contributed by atoms with van der Waals surface area (Å²) in [6.45, 7) is 1.93. The molecule has 78 valence electrons. The summed E-state index contributed by atoms with van der Waals surface area (Å²) >= 11 is 5.89. The fraction of sp³-hybridized carbons (Fsp3) is 0.333. The van der Waals surface area contributed by atoms with E-state index in [2.05, 4.69) is 0 Å². The van der Waals surface area contributed by atoms with Crippen LogP contribution < -0.4 is 0 Å². The van der Waals surface area contributed by atoms with Crippen molar-refractivity contribution in [2.75, 3.05) is 5.75 Å². The van der Waals surface area contributed by atoms with Crippen molar-refractivity contribution >= 4 is 31.3 Å². The van der Waals surface area contributed by atoms with Gasteiger partial charge in [0, 0.05) is 15.7 Å². The lowest BCUT2D eigenvalue weighted by atomic mass is 10.1. The first-order chi connectivity index (χ1) is 6.38. The van der Waals surface area contributed by atoms with Gasteiger partial charge >= 0.3 is 0 Å². The minimum atomic E-state index is -3.44. The Balaban J connectivity index is 2.81. The lowest BCUT2D eigenvalue weighted by Crippen LogP contribution is -2.01. The second-order valence-corrected chi connectivity index (χ2v) is 6.39. The summed E-state index contributed by atoms with van der Waals surface area (Å²) in [6, 6.07) is 5.50. The fourth-order valence-electron chi connectivity index (χ4n) is 1.13. The van der Waals surface area contributed by atoms with Crippen molar-refractivity contribution in [3.8, 4) is 0 Å². The lowest BCUT2D eigenvalue weighted by Gasteiger charge is -2.03. The lowest BCUT2D eigenvalue weighted by molar-refractivity contribution is 0.609. The standard InChI is InChI=1S/C9H10Cl2O2S/c1-7-2-3-9(10)8(6-7)4-5-14(11,12)13/h2-3,6H,4-5H2,1H3. The highest BCUT2D eigenvalue weighted by atomic mass is 35.7. The van der Waals surface area contributed by atoms with E-state index in [0.717, 1.165) is 11.1 Å². The predicted molar refractivity (Wildman–Crippen MR) is 59.5 cm³/mol. The summed E-state index contributed by atoms with van der Waals surface area (Å²) in [5, 5.41) is 0.580. The number of rotatable bonds is 3. The molecule has 1 rings (SSSR count). The van der Waals surface area contributed by atoms with Crippen LogP contribution in [0.2, 0.25) is 5.02 Å². The second-order valence-electron chi connectivity index (χ2n) is 3.09. The van der Waals surface area contributed by atoms with Gasteiger partial charge in [0.1, 0.15) is 0 Å².